The maximum atomic E-state index is 13.1. The van der Waals surface area contributed by atoms with Crippen LogP contribution in [0, 0.1) is 0 Å². The molecule has 0 aliphatic rings. The molecular formula is C10H10F2O2. The Kier molecular flexibility index (Phi) is 3.17. The van der Waals surface area contributed by atoms with Crippen LogP contribution in [0.2, 0.25) is 0 Å². The maximum Gasteiger partial charge on any atom is 0.279 e. The molecule has 0 N–H and O–H groups in total. The molecule has 0 spiro atoms. The van der Waals surface area contributed by atoms with E-state index in [9.17, 15) is 13.6 Å². The van der Waals surface area contributed by atoms with Gasteiger partial charge in [-0.3, -0.25) is 0 Å². The van der Waals surface area contributed by atoms with Crippen LogP contribution < -0.4 is 4.74 Å². The lowest BCUT2D eigenvalue weighted by atomic mass is 10.1. The highest BCUT2D eigenvalue weighted by atomic mass is 19.3. The number of carbonyl (C=O) groups excluding carboxylic acids is 1. The van der Waals surface area contributed by atoms with Crippen molar-refractivity contribution in [1.82, 2.24) is 0 Å². The van der Waals surface area contributed by atoms with E-state index >= 15 is 0 Å². The zero-order valence-electron chi connectivity index (χ0n) is 7.67. The fourth-order valence-electron chi connectivity index (χ4n) is 1.06. The molecule has 0 atom stereocenters. The summed E-state index contributed by atoms with van der Waals surface area (Å²) in [5.41, 5.74) is -0.176. The third-order valence-corrected chi connectivity index (χ3v) is 1.85. The highest BCUT2D eigenvalue weighted by molar-refractivity contribution is 5.52. The Bertz CT molecular complexity index is 306. The fraction of sp³-hybridized carbons (Fsp3) is 0.300. The number of hydrogen-bond donors (Lipinski definition) is 0. The van der Waals surface area contributed by atoms with Crippen molar-refractivity contribution in [2.75, 3.05) is 7.11 Å². The summed E-state index contributed by atoms with van der Waals surface area (Å²) in [6, 6.07) is 5.38. The Morgan fingerprint density at radius 2 is 1.93 bits per heavy atom. The molecule has 1 rings (SSSR count). The van der Waals surface area contributed by atoms with Gasteiger partial charge in [0.05, 0.1) is 13.5 Å². The number of ether oxygens (including phenoxy) is 1. The number of carbonyl (C=O) groups is 1. The second-order valence-electron chi connectivity index (χ2n) is 2.80. The Morgan fingerprint density at radius 1 is 1.36 bits per heavy atom. The molecule has 0 aliphatic heterocycles. The summed E-state index contributed by atoms with van der Waals surface area (Å²) in [5, 5.41) is 0. The first kappa shape index (κ1) is 10.6. The van der Waals surface area contributed by atoms with Gasteiger partial charge < -0.3 is 9.53 Å². The van der Waals surface area contributed by atoms with Gasteiger partial charge >= 0.3 is 0 Å². The molecule has 0 amide bonds. The van der Waals surface area contributed by atoms with Gasteiger partial charge in [0, 0.05) is 5.56 Å². The monoisotopic (exact) mass is 200 g/mol. The van der Waals surface area contributed by atoms with Gasteiger partial charge in [0.2, 0.25) is 0 Å². The van der Waals surface area contributed by atoms with Crippen molar-refractivity contribution in [3.8, 4) is 5.75 Å². The van der Waals surface area contributed by atoms with Gasteiger partial charge in [-0.15, -0.1) is 0 Å². The summed E-state index contributed by atoms with van der Waals surface area (Å²) >= 11 is 0. The summed E-state index contributed by atoms with van der Waals surface area (Å²) in [6.07, 6.45) is -0.580. The summed E-state index contributed by atoms with van der Waals surface area (Å²) in [5.74, 6) is -2.58. The van der Waals surface area contributed by atoms with Crippen LogP contribution in [-0.2, 0) is 10.7 Å². The average Bonchev–Trinajstić information content (AvgIpc) is 2.18. The number of benzene rings is 1. The molecule has 0 fully saturated rings. The lowest BCUT2D eigenvalue weighted by Gasteiger charge is -2.13. The van der Waals surface area contributed by atoms with E-state index in [1.165, 1.54) is 31.4 Å². The van der Waals surface area contributed by atoms with E-state index in [-0.39, 0.29) is 11.8 Å². The van der Waals surface area contributed by atoms with Crippen LogP contribution in [-0.4, -0.2) is 13.4 Å². The third kappa shape index (κ3) is 2.28. The van der Waals surface area contributed by atoms with Crippen LogP contribution in [0.25, 0.3) is 0 Å². The molecule has 0 radical (unpaired) electrons. The van der Waals surface area contributed by atoms with E-state index in [1.807, 2.05) is 0 Å². The Morgan fingerprint density at radius 3 is 2.36 bits per heavy atom. The minimum absolute atomic E-state index is 0.176. The quantitative estimate of drug-likeness (QED) is 0.697. The Balaban J connectivity index is 2.90. The number of halogens is 2. The number of methoxy groups -OCH3 is 1. The van der Waals surface area contributed by atoms with Crippen LogP contribution in [0.3, 0.4) is 0 Å². The lowest BCUT2D eigenvalue weighted by molar-refractivity contribution is -0.115. The first-order chi connectivity index (χ1) is 6.60. The minimum atomic E-state index is -3.09. The summed E-state index contributed by atoms with van der Waals surface area (Å²) in [4.78, 5) is 10.0. The van der Waals surface area contributed by atoms with Crippen LogP contribution in [0.15, 0.2) is 24.3 Å². The number of hydrogen-bond acceptors (Lipinski definition) is 2. The first-order valence-electron chi connectivity index (χ1n) is 4.06. The molecule has 76 valence electrons. The highest BCUT2D eigenvalue weighted by Crippen LogP contribution is 2.31. The molecular weight excluding hydrogens is 190 g/mol. The number of rotatable bonds is 4. The topological polar surface area (TPSA) is 26.3 Å². The molecule has 0 aliphatic carbocycles. The molecule has 0 heterocycles. The van der Waals surface area contributed by atoms with E-state index < -0.39 is 12.3 Å². The Hall–Kier alpha value is -1.45. The van der Waals surface area contributed by atoms with Gasteiger partial charge in [0.25, 0.3) is 5.92 Å². The normalized spacial score (nSPS) is 11.1. The number of alkyl halides is 2. The molecule has 1 aromatic rings. The van der Waals surface area contributed by atoms with Gasteiger partial charge in [-0.05, 0) is 24.3 Å². The van der Waals surface area contributed by atoms with Gasteiger partial charge in [-0.25, -0.2) is 8.78 Å². The molecule has 0 saturated carbocycles. The average molecular weight is 200 g/mol. The van der Waals surface area contributed by atoms with E-state index in [2.05, 4.69) is 0 Å². The van der Waals surface area contributed by atoms with Gasteiger partial charge in [0.1, 0.15) is 12.0 Å². The molecule has 1 aromatic carbocycles. The van der Waals surface area contributed by atoms with Crippen molar-refractivity contribution >= 4 is 6.29 Å². The summed E-state index contributed by atoms with van der Waals surface area (Å²) in [7, 11) is 1.46. The van der Waals surface area contributed by atoms with Crippen LogP contribution in [0.5, 0.6) is 5.75 Å². The van der Waals surface area contributed by atoms with Crippen molar-refractivity contribution in [2.45, 2.75) is 12.3 Å². The van der Waals surface area contributed by atoms with Crippen LogP contribution >= 0.6 is 0 Å². The van der Waals surface area contributed by atoms with Crippen LogP contribution in [0.1, 0.15) is 12.0 Å². The van der Waals surface area contributed by atoms with E-state index in [1.54, 1.807) is 0 Å². The van der Waals surface area contributed by atoms with E-state index in [4.69, 9.17) is 4.74 Å². The molecule has 4 heteroatoms. The minimum Gasteiger partial charge on any atom is -0.497 e. The second-order valence-corrected chi connectivity index (χ2v) is 2.80. The SMILES string of the molecule is COc1ccc(C(F)(F)CC=O)cc1. The van der Waals surface area contributed by atoms with Crippen LogP contribution in [0.4, 0.5) is 8.78 Å². The fourth-order valence-corrected chi connectivity index (χ4v) is 1.06. The summed E-state index contributed by atoms with van der Waals surface area (Å²) < 4.78 is 31.1. The molecule has 0 saturated heterocycles. The first-order valence-corrected chi connectivity index (χ1v) is 4.06. The summed E-state index contributed by atoms with van der Waals surface area (Å²) in [6.45, 7) is 0. The zero-order chi connectivity index (χ0) is 10.6. The highest BCUT2D eigenvalue weighted by Gasteiger charge is 2.30. The zero-order valence-corrected chi connectivity index (χ0v) is 7.67. The third-order valence-electron chi connectivity index (χ3n) is 1.85. The van der Waals surface area contributed by atoms with Gasteiger partial charge in [-0.1, -0.05) is 0 Å². The van der Waals surface area contributed by atoms with Crippen molar-refractivity contribution in [1.29, 1.82) is 0 Å². The lowest BCUT2D eigenvalue weighted by Crippen LogP contribution is -2.13. The van der Waals surface area contributed by atoms with E-state index in [0.717, 1.165) is 0 Å². The van der Waals surface area contributed by atoms with Crippen molar-refractivity contribution in [3.05, 3.63) is 29.8 Å². The Labute approximate surface area is 80.5 Å². The number of aldehydes is 1. The van der Waals surface area contributed by atoms with Crippen molar-refractivity contribution in [3.63, 3.8) is 0 Å². The second kappa shape index (κ2) is 4.17. The van der Waals surface area contributed by atoms with E-state index in [0.29, 0.717) is 5.75 Å². The largest absolute Gasteiger partial charge is 0.497 e. The standard InChI is InChI=1S/C10H10F2O2/c1-14-9-4-2-8(3-5-9)10(11,12)6-7-13/h2-5,7H,6H2,1H3. The van der Waals surface area contributed by atoms with Gasteiger partial charge in [-0.2, -0.15) is 0 Å². The molecule has 14 heavy (non-hydrogen) atoms. The molecule has 0 unspecified atom stereocenters. The smallest absolute Gasteiger partial charge is 0.279 e. The predicted octanol–water partition coefficient (Wildman–Crippen LogP) is 2.38. The predicted molar refractivity (Wildman–Crippen MR) is 47.6 cm³/mol. The molecule has 0 bridgehead atoms. The molecule has 0 aromatic heterocycles. The van der Waals surface area contributed by atoms with Crippen molar-refractivity contribution in [2.24, 2.45) is 0 Å². The molecule has 2 nitrogen and oxygen atoms in total. The van der Waals surface area contributed by atoms with Gasteiger partial charge in [0.15, 0.2) is 0 Å². The van der Waals surface area contributed by atoms with Crippen molar-refractivity contribution < 1.29 is 18.3 Å². The maximum absolute atomic E-state index is 13.1.